The van der Waals surface area contributed by atoms with Gasteiger partial charge in [-0.3, -0.25) is 0 Å². The molecule has 1 aromatic rings. The lowest BCUT2D eigenvalue weighted by atomic mass is 10.1. The molecule has 0 bridgehead atoms. The molecule has 2 nitrogen and oxygen atoms in total. The van der Waals surface area contributed by atoms with E-state index in [0.29, 0.717) is 0 Å². The van der Waals surface area contributed by atoms with Crippen molar-refractivity contribution in [2.45, 2.75) is 26.3 Å². The van der Waals surface area contributed by atoms with Gasteiger partial charge in [-0.15, -0.1) is 0 Å². The summed E-state index contributed by atoms with van der Waals surface area (Å²) >= 11 is 0. The summed E-state index contributed by atoms with van der Waals surface area (Å²) in [6.07, 6.45) is 2.65. The summed E-state index contributed by atoms with van der Waals surface area (Å²) in [6.45, 7) is 8.47. The summed E-state index contributed by atoms with van der Waals surface area (Å²) < 4.78 is 0. The summed E-state index contributed by atoms with van der Waals surface area (Å²) in [4.78, 5) is 0. The second kappa shape index (κ2) is 9.28. The van der Waals surface area contributed by atoms with Crippen molar-refractivity contribution in [3.05, 3.63) is 48.7 Å². The fourth-order valence-electron chi connectivity index (χ4n) is 1.13. The van der Waals surface area contributed by atoms with Crippen LogP contribution in [0.1, 0.15) is 19.4 Å². The second-order valence-electron chi connectivity index (χ2n) is 3.43. The number of rotatable bonds is 4. The molecule has 15 heavy (non-hydrogen) atoms. The Balaban J connectivity index is 0.000000336. The first-order valence-corrected chi connectivity index (χ1v) is 5.34. The summed E-state index contributed by atoms with van der Waals surface area (Å²) in [5.74, 6) is 0. The highest BCUT2D eigenvalue weighted by molar-refractivity contribution is 5.15. The molecule has 0 aromatic heterocycles. The van der Waals surface area contributed by atoms with Crippen LogP contribution in [0.4, 0.5) is 0 Å². The van der Waals surface area contributed by atoms with E-state index in [1.54, 1.807) is 6.20 Å². The molecule has 0 aliphatic rings. The van der Waals surface area contributed by atoms with Crippen LogP contribution in [-0.4, -0.2) is 12.6 Å². The van der Waals surface area contributed by atoms with Gasteiger partial charge < -0.3 is 11.1 Å². The average molecular weight is 206 g/mol. The molecule has 0 aliphatic heterocycles. The molecule has 0 saturated carbocycles. The summed E-state index contributed by atoms with van der Waals surface area (Å²) in [7, 11) is 0. The van der Waals surface area contributed by atoms with Crippen molar-refractivity contribution in [1.82, 2.24) is 5.32 Å². The lowest BCUT2D eigenvalue weighted by Crippen LogP contribution is -2.17. The van der Waals surface area contributed by atoms with Gasteiger partial charge in [-0.1, -0.05) is 36.9 Å². The Kier molecular flexibility index (Phi) is 8.49. The highest BCUT2D eigenvalue weighted by Crippen LogP contribution is 2.00. The van der Waals surface area contributed by atoms with Gasteiger partial charge in [-0.2, -0.15) is 0 Å². The third-order valence-corrected chi connectivity index (χ3v) is 1.75. The van der Waals surface area contributed by atoms with Gasteiger partial charge in [-0.25, -0.2) is 0 Å². The third-order valence-electron chi connectivity index (χ3n) is 1.75. The van der Waals surface area contributed by atoms with E-state index in [1.165, 1.54) is 5.56 Å². The quantitative estimate of drug-likeness (QED) is 0.793. The van der Waals surface area contributed by atoms with E-state index in [-0.39, 0.29) is 6.04 Å². The van der Waals surface area contributed by atoms with Crippen LogP contribution >= 0.6 is 0 Å². The van der Waals surface area contributed by atoms with Crippen molar-refractivity contribution in [2.75, 3.05) is 6.54 Å². The van der Waals surface area contributed by atoms with Gasteiger partial charge in [0, 0.05) is 12.6 Å². The van der Waals surface area contributed by atoms with E-state index in [9.17, 15) is 0 Å². The smallest absolute Gasteiger partial charge is 0.0112 e. The molecular weight excluding hydrogens is 184 g/mol. The molecular formula is C13H22N2. The number of nitrogens with one attached hydrogen (secondary N) is 1. The zero-order valence-electron chi connectivity index (χ0n) is 9.74. The fourth-order valence-corrected chi connectivity index (χ4v) is 1.13. The van der Waals surface area contributed by atoms with Gasteiger partial charge in [-0.05, 0) is 32.0 Å². The maximum atomic E-state index is 5.62. The van der Waals surface area contributed by atoms with Gasteiger partial charge in [0.2, 0.25) is 0 Å². The molecule has 0 saturated heterocycles. The molecule has 0 heterocycles. The zero-order valence-corrected chi connectivity index (χ0v) is 9.74. The van der Waals surface area contributed by atoms with Crippen LogP contribution in [-0.2, 0) is 6.42 Å². The van der Waals surface area contributed by atoms with Gasteiger partial charge in [0.05, 0.1) is 0 Å². The summed E-state index contributed by atoms with van der Waals surface area (Å²) in [6, 6.07) is 10.6. The van der Waals surface area contributed by atoms with E-state index >= 15 is 0 Å². The van der Waals surface area contributed by atoms with Gasteiger partial charge >= 0.3 is 0 Å². The third kappa shape index (κ3) is 9.03. The van der Waals surface area contributed by atoms with Gasteiger partial charge in [0.15, 0.2) is 0 Å². The summed E-state index contributed by atoms with van der Waals surface area (Å²) in [5.41, 5.74) is 6.94. The Hall–Kier alpha value is -1.28. The molecule has 0 radical (unpaired) electrons. The van der Waals surface area contributed by atoms with Crippen molar-refractivity contribution < 1.29 is 0 Å². The van der Waals surface area contributed by atoms with Gasteiger partial charge in [0.25, 0.3) is 0 Å². The SMILES string of the molecule is C=CNCC.CC(N)Cc1ccccc1. The second-order valence-corrected chi connectivity index (χ2v) is 3.43. The van der Waals surface area contributed by atoms with E-state index < -0.39 is 0 Å². The lowest BCUT2D eigenvalue weighted by molar-refractivity contribution is 0.738. The molecule has 0 amide bonds. The minimum Gasteiger partial charge on any atom is -0.392 e. The number of hydrogen-bond acceptors (Lipinski definition) is 2. The maximum Gasteiger partial charge on any atom is 0.0112 e. The van der Waals surface area contributed by atoms with Crippen LogP contribution < -0.4 is 11.1 Å². The van der Waals surface area contributed by atoms with Crippen molar-refractivity contribution >= 4 is 0 Å². The first kappa shape index (κ1) is 13.7. The zero-order chi connectivity index (χ0) is 11.5. The van der Waals surface area contributed by atoms with E-state index in [4.69, 9.17) is 5.73 Å². The number of hydrogen-bond donors (Lipinski definition) is 2. The minimum atomic E-state index is 0.266. The number of benzene rings is 1. The van der Waals surface area contributed by atoms with Crippen LogP contribution in [0, 0.1) is 0 Å². The summed E-state index contributed by atoms with van der Waals surface area (Å²) in [5, 5.41) is 2.88. The Morgan fingerprint density at radius 3 is 2.33 bits per heavy atom. The normalized spacial score (nSPS) is 10.9. The highest BCUT2D eigenvalue weighted by atomic mass is 14.8. The van der Waals surface area contributed by atoms with Crippen molar-refractivity contribution in [2.24, 2.45) is 5.73 Å². The van der Waals surface area contributed by atoms with E-state index in [0.717, 1.165) is 13.0 Å². The maximum absolute atomic E-state index is 5.62. The monoisotopic (exact) mass is 206 g/mol. The topological polar surface area (TPSA) is 38.0 Å². The molecule has 1 aromatic carbocycles. The molecule has 0 fully saturated rings. The van der Waals surface area contributed by atoms with Crippen LogP contribution in [0.3, 0.4) is 0 Å². The van der Waals surface area contributed by atoms with Crippen LogP contribution in [0.5, 0.6) is 0 Å². The van der Waals surface area contributed by atoms with Crippen molar-refractivity contribution in [3.8, 4) is 0 Å². The molecule has 2 heteroatoms. The van der Waals surface area contributed by atoms with Crippen LogP contribution in [0.2, 0.25) is 0 Å². The lowest BCUT2D eigenvalue weighted by Gasteiger charge is -2.02. The van der Waals surface area contributed by atoms with Crippen molar-refractivity contribution in [1.29, 1.82) is 0 Å². The van der Waals surface area contributed by atoms with Crippen LogP contribution in [0.25, 0.3) is 0 Å². The highest BCUT2D eigenvalue weighted by Gasteiger charge is 1.94. The largest absolute Gasteiger partial charge is 0.392 e. The van der Waals surface area contributed by atoms with E-state index in [1.807, 2.05) is 32.0 Å². The molecule has 0 aliphatic carbocycles. The average Bonchev–Trinajstić information content (AvgIpc) is 2.20. The van der Waals surface area contributed by atoms with Gasteiger partial charge in [0.1, 0.15) is 0 Å². The molecule has 84 valence electrons. The first-order valence-electron chi connectivity index (χ1n) is 5.34. The van der Waals surface area contributed by atoms with Crippen molar-refractivity contribution in [3.63, 3.8) is 0 Å². The Bertz CT molecular complexity index is 242. The standard InChI is InChI=1S/C9H13N.C4H9N/c1-8(10)7-9-5-3-2-4-6-9;1-3-5-4-2/h2-6,8H,7,10H2,1H3;3,5H,1,4H2,2H3. The Labute approximate surface area is 93.2 Å². The minimum absolute atomic E-state index is 0.266. The molecule has 1 atom stereocenters. The fraction of sp³-hybridized carbons (Fsp3) is 0.385. The van der Waals surface area contributed by atoms with Crippen LogP contribution in [0.15, 0.2) is 43.1 Å². The molecule has 1 rings (SSSR count). The predicted octanol–water partition coefficient (Wildman–Crippen LogP) is 2.32. The Morgan fingerprint density at radius 2 is 2.00 bits per heavy atom. The first-order chi connectivity index (χ1) is 7.20. The Morgan fingerprint density at radius 1 is 1.40 bits per heavy atom. The molecule has 3 N–H and O–H groups in total. The molecule has 1 unspecified atom stereocenters. The predicted molar refractivity (Wildman–Crippen MR) is 67.7 cm³/mol. The number of nitrogens with two attached hydrogens (primary N) is 1. The molecule has 0 spiro atoms. The van der Waals surface area contributed by atoms with E-state index in [2.05, 4.69) is 24.0 Å².